The van der Waals surface area contributed by atoms with E-state index in [1.165, 1.54) is 0 Å². The van der Waals surface area contributed by atoms with Crippen molar-refractivity contribution in [3.05, 3.63) is 64.5 Å². The van der Waals surface area contributed by atoms with Crippen LogP contribution in [-0.2, 0) is 17.5 Å². The fourth-order valence-electron chi connectivity index (χ4n) is 3.86. The van der Waals surface area contributed by atoms with Gasteiger partial charge >= 0.3 is 6.18 Å². The van der Waals surface area contributed by atoms with Gasteiger partial charge in [0.15, 0.2) is 0 Å². The molecule has 1 aromatic heterocycles. The minimum atomic E-state index is -4.52. The quantitative estimate of drug-likeness (QED) is 0.519. The molecule has 2 aromatic carbocycles. The van der Waals surface area contributed by atoms with E-state index in [-0.39, 0.29) is 16.6 Å². The highest BCUT2D eigenvalue weighted by atomic mass is 35.5. The topological polar surface area (TPSA) is 71.3 Å². The first kappa shape index (κ1) is 23.3. The van der Waals surface area contributed by atoms with Crippen molar-refractivity contribution in [3.63, 3.8) is 0 Å². The van der Waals surface area contributed by atoms with Crippen molar-refractivity contribution < 1.29 is 22.5 Å². The average Bonchev–Trinajstić information content (AvgIpc) is 3.23. The highest BCUT2D eigenvalue weighted by Crippen LogP contribution is 2.34. The molecule has 4 rings (SSSR count). The van der Waals surface area contributed by atoms with Crippen LogP contribution in [0.5, 0.6) is 0 Å². The number of benzene rings is 2. The maximum atomic E-state index is 13.0. The first-order valence-electron chi connectivity index (χ1n) is 10.5. The average molecular weight is 479 g/mol. The molecule has 10 heteroatoms. The fraction of sp³-hybridized carbons (Fsp3) is 0.348. The summed E-state index contributed by atoms with van der Waals surface area (Å²) in [6.07, 6.45) is -3.14. The number of nitrogens with zero attached hydrogens (tertiary/aromatic N) is 3. The second kappa shape index (κ2) is 9.52. The number of anilines is 1. The molecule has 0 bridgehead atoms. The molecule has 1 saturated heterocycles. The number of piperidine rings is 1. The van der Waals surface area contributed by atoms with Gasteiger partial charge in [-0.05, 0) is 50.6 Å². The maximum absolute atomic E-state index is 13.0. The van der Waals surface area contributed by atoms with E-state index in [4.69, 9.17) is 16.1 Å². The SMILES string of the molecule is Cc1cccc(-c2noc(CN3CCCC(C(=O)Nc4cc(C(F)(F)F)ccc4Cl)C3)n2)c1. The molecule has 3 aromatic rings. The highest BCUT2D eigenvalue weighted by molar-refractivity contribution is 6.33. The Kier molecular flexibility index (Phi) is 6.71. The van der Waals surface area contributed by atoms with E-state index in [2.05, 4.69) is 15.5 Å². The lowest BCUT2D eigenvalue weighted by molar-refractivity contribution is -0.137. The lowest BCUT2D eigenvalue weighted by Crippen LogP contribution is -2.40. The lowest BCUT2D eigenvalue weighted by Gasteiger charge is -2.31. The van der Waals surface area contributed by atoms with Gasteiger partial charge in [-0.3, -0.25) is 9.69 Å². The predicted octanol–water partition coefficient (Wildman–Crippen LogP) is 5.57. The number of aromatic nitrogens is 2. The minimum absolute atomic E-state index is 0.0479. The Morgan fingerprint density at radius 3 is 2.85 bits per heavy atom. The molecule has 174 valence electrons. The van der Waals surface area contributed by atoms with Crippen LogP contribution in [0.1, 0.15) is 29.9 Å². The van der Waals surface area contributed by atoms with Crippen molar-refractivity contribution in [1.29, 1.82) is 0 Å². The van der Waals surface area contributed by atoms with E-state index < -0.39 is 17.7 Å². The number of alkyl halides is 3. The molecule has 33 heavy (non-hydrogen) atoms. The summed E-state index contributed by atoms with van der Waals surface area (Å²) in [6, 6.07) is 10.6. The zero-order valence-electron chi connectivity index (χ0n) is 17.8. The molecule has 1 aliphatic heterocycles. The molecule has 1 amide bonds. The van der Waals surface area contributed by atoms with Gasteiger partial charge in [-0.2, -0.15) is 18.2 Å². The van der Waals surface area contributed by atoms with Gasteiger partial charge in [-0.15, -0.1) is 0 Å². The first-order chi connectivity index (χ1) is 15.7. The number of aryl methyl sites for hydroxylation is 1. The van der Waals surface area contributed by atoms with Crippen LogP contribution in [0.3, 0.4) is 0 Å². The summed E-state index contributed by atoms with van der Waals surface area (Å²) in [5.74, 6) is 0.170. The second-order valence-electron chi connectivity index (χ2n) is 8.14. The van der Waals surface area contributed by atoms with Crippen molar-refractivity contribution in [2.75, 3.05) is 18.4 Å². The van der Waals surface area contributed by atoms with Crippen LogP contribution in [-0.4, -0.2) is 34.0 Å². The summed E-state index contributed by atoms with van der Waals surface area (Å²) >= 11 is 6.01. The van der Waals surface area contributed by atoms with Crippen molar-refractivity contribution in [1.82, 2.24) is 15.0 Å². The Labute approximate surface area is 193 Å². The number of carbonyl (C=O) groups excluding carboxylic acids is 1. The number of hydrogen-bond acceptors (Lipinski definition) is 5. The summed E-state index contributed by atoms with van der Waals surface area (Å²) in [4.78, 5) is 19.2. The van der Waals surface area contributed by atoms with E-state index >= 15 is 0 Å². The van der Waals surface area contributed by atoms with Crippen LogP contribution in [0.2, 0.25) is 5.02 Å². The Balaban J connectivity index is 1.39. The van der Waals surface area contributed by atoms with E-state index in [1.807, 2.05) is 36.1 Å². The number of likely N-dealkylation sites (tertiary alicyclic amines) is 1. The molecule has 0 radical (unpaired) electrons. The molecule has 0 spiro atoms. The molecule has 6 nitrogen and oxygen atoms in total. The van der Waals surface area contributed by atoms with Gasteiger partial charge in [0.2, 0.25) is 17.6 Å². The Morgan fingerprint density at radius 1 is 1.27 bits per heavy atom. The van der Waals surface area contributed by atoms with Crippen molar-refractivity contribution in [2.45, 2.75) is 32.5 Å². The molecule has 2 heterocycles. The molecule has 1 atom stereocenters. The Morgan fingerprint density at radius 2 is 2.09 bits per heavy atom. The number of carbonyl (C=O) groups is 1. The van der Waals surface area contributed by atoms with Crippen molar-refractivity contribution >= 4 is 23.2 Å². The zero-order valence-corrected chi connectivity index (χ0v) is 18.6. The van der Waals surface area contributed by atoms with E-state index in [1.54, 1.807) is 0 Å². The van der Waals surface area contributed by atoms with Gasteiger partial charge in [0, 0.05) is 12.1 Å². The second-order valence-corrected chi connectivity index (χ2v) is 8.54. The van der Waals surface area contributed by atoms with Crippen LogP contribution in [0, 0.1) is 12.8 Å². The predicted molar refractivity (Wildman–Crippen MR) is 118 cm³/mol. The van der Waals surface area contributed by atoms with Crippen molar-refractivity contribution in [2.24, 2.45) is 5.92 Å². The van der Waals surface area contributed by atoms with Gasteiger partial charge in [0.1, 0.15) is 0 Å². The van der Waals surface area contributed by atoms with Gasteiger partial charge in [-0.25, -0.2) is 0 Å². The van der Waals surface area contributed by atoms with Crippen molar-refractivity contribution in [3.8, 4) is 11.4 Å². The van der Waals surface area contributed by atoms with Gasteiger partial charge < -0.3 is 9.84 Å². The summed E-state index contributed by atoms with van der Waals surface area (Å²) in [7, 11) is 0. The van der Waals surface area contributed by atoms with Crippen LogP contribution < -0.4 is 5.32 Å². The van der Waals surface area contributed by atoms with E-state index in [0.717, 1.165) is 42.3 Å². The van der Waals surface area contributed by atoms with Gasteiger partial charge in [-0.1, -0.05) is 40.5 Å². The normalized spacial score (nSPS) is 17.2. The minimum Gasteiger partial charge on any atom is -0.338 e. The van der Waals surface area contributed by atoms with Gasteiger partial charge in [0.25, 0.3) is 0 Å². The lowest BCUT2D eigenvalue weighted by atomic mass is 9.97. The van der Waals surface area contributed by atoms with Crippen LogP contribution in [0.15, 0.2) is 47.0 Å². The monoisotopic (exact) mass is 478 g/mol. The molecule has 1 fully saturated rings. The molecular formula is C23H22ClF3N4O2. The van der Waals surface area contributed by atoms with Crippen LogP contribution in [0.4, 0.5) is 18.9 Å². The molecule has 1 aliphatic rings. The fourth-order valence-corrected chi connectivity index (χ4v) is 4.02. The summed E-state index contributed by atoms with van der Waals surface area (Å²) in [5, 5.41) is 6.66. The van der Waals surface area contributed by atoms with E-state index in [0.29, 0.717) is 31.2 Å². The third-order valence-electron chi connectivity index (χ3n) is 5.53. The van der Waals surface area contributed by atoms with E-state index in [9.17, 15) is 18.0 Å². The zero-order chi connectivity index (χ0) is 23.6. The standard InChI is InChI=1S/C23H22ClF3N4O2/c1-14-4-2-5-15(10-14)21-29-20(33-30-21)13-31-9-3-6-16(12-31)22(32)28-19-11-17(23(25,26)27)7-8-18(19)24/h2,4-5,7-8,10-11,16H,3,6,9,12-13H2,1H3,(H,28,32). The third kappa shape index (κ3) is 5.72. The first-order valence-corrected chi connectivity index (χ1v) is 10.9. The summed E-state index contributed by atoms with van der Waals surface area (Å²) < 4.78 is 44.4. The smallest absolute Gasteiger partial charge is 0.338 e. The molecule has 1 unspecified atom stereocenters. The number of halogens is 4. The number of nitrogens with one attached hydrogen (secondary N) is 1. The Bertz CT molecular complexity index is 1150. The Hall–Kier alpha value is -2.91. The van der Waals surface area contributed by atoms with Crippen LogP contribution >= 0.6 is 11.6 Å². The van der Waals surface area contributed by atoms with Crippen LogP contribution in [0.25, 0.3) is 11.4 Å². The largest absolute Gasteiger partial charge is 0.416 e. The summed E-state index contributed by atoms with van der Waals surface area (Å²) in [6.45, 7) is 3.53. The highest BCUT2D eigenvalue weighted by Gasteiger charge is 2.32. The molecule has 0 saturated carbocycles. The number of amides is 1. The third-order valence-corrected chi connectivity index (χ3v) is 5.86. The number of hydrogen-bond donors (Lipinski definition) is 1. The van der Waals surface area contributed by atoms with Gasteiger partial charge in [0.05, 0.1) is 28.7 Å². The molecule has 1 N–H and O–H groups in total. The summed E-state index contributed by atoms with van der Waals surface area (Å²) in [5.41, 5.74) is 1.03. The molecular weight excluding hydrogens is 457 g/mol. The molecule has 0 aliphatic carbocycles. The maximum Gasteiger partial charge on any atom is 0.416 e. The number of rotatable bonds is 5.